The van der Waals surface area contributed by atoms with Crippen molar-refractivity contribution in [3.63, 3.8) is 0 Å². The molecule has 0 atom stereocenters. The summed E-state index contributed by atoms with van der Waals surface area (Å²) in [7, 11) is 0. The van der Waals surface area contributed by atoms with Crippen molar-refractivity contribution in [2.75, 3.05) is 0 Å². The Morgan fingerprint density at radius 2 is 2.11 bits per heavy atom. The van der Waals surface area contributed by atoms with Crippen molar-refractivity contribution in [1.29, 1.82) is 0 Å². The normalized spacial score (nSPS) is 10.3. The van der Waals surface area contributed by atoms with Gasteiger partial charge < -0.3 is 0 Å². The Morgan fingerprint density at radius 3 is 2.72 bits per heavy atom. The monoisotopic (exact) mass is 277 g/mol. The largest absolute Gasteiger partial charge is 0.292 e. The molecule has 0 aliphatic rings. The average molecular weight is 278 g/mol. The van der Waals surface area contributed by atoms with E-state index in [9.17, 15) is 4.79 Å². The van der Waals surface area contributed by atoms with Gasteiger partial charge >= 0.3 is 0 Å². The number of carbonyl (C=O) groups is 1. The second-order valence-electron chi connectivity index (χ2n) is 3.72. The van der Waals surface area contributed by atoms with Crippen LogP contribution in [0.4, 0.5) is 0 Å². The molecule has 1 aromatic heterocycles. The van der Waals surface area contributed by atoms with Gasteiger partial charge in [-0.15, -0.1) is 0 Å². The van der Waals surface area contributed by atoms with Crippen molar-refractivity contribution in [3.8, 4) is 0 Å². The Kier molecular flexibility index (Phi) is 4.39. The lowest BCUT2D eigenvalue weighted by atomic mass is 10.2. The Bertz CT molecular complexity index is 554. The van der Waals surface area contributed by atoms with Crippen molar-refractivity contribution < 1.29 is 4.79 Å². The van der Waals surface area contributed by atoms with Gasteiger partial charge in [0.2, 0.25) is 0 Å². The van der Waals surface area contributed by atoms with Crippen LogP contribution in [0.5, 0.6) is 0 Å². The first-order chi connectivity index (χ1) is 8.69. The highest BCUT2D eigenvalue weighted by atomic mass is 35.5. The zero-order valence-corrected chi connectivity index (χ0v) is 11.5. The number of Topliss-reactive ketones (excluding diaryl/α,β-unsaturated/α-hetero) is 1. The van der Waals surface area contributed by atoms with Crippen molar-refractivity contribution in [3.05, 3.63) is 53.3 Å². The van der Waals surface area contributed by atoms with Crippen molar-refractivity contribution in [1.82, 2.24) is 4.98 Å². The van der Waals surface area contributed by atoms with Gasteiger partial charge in [0.05, 0.1) is 0 Å². The highest BCUT2D eigenvalue weighted by Gasteiger charge is 2.05. The van der Waals surface area contributed by atoms with E-state index in [0.717, 1.165) is 9.79 Å². The number of aromatic nitrogens is 1. The summed E-state index contributed by atoms with van der Waals surface area (Å²) in [6, 6.07) is 11.3. The van der Waals surface area contributed by atoms with Gasteiger partial charge in [-0.25, -0.2) is 0 Å². The predicted molar refractivity (Wildman–Crippen MR) is 74.4 cm³/mol. The smallest absolute Gasteiger partial charge is 0.180 e. The van der Waals surface area contributed by atoms with Gasteiger partial charge in [0, 0.05) is 27.4 Å². The Morgan fingerprint density at radius 1 is 1.28 bits per heavy atom. The molecule has 1 heterocycles. The van der Waals surface area contributed by atoms with Gasteiger partial charge in [-0.05, 0) is 30.3 Å². The van der Waals surface area contributed by atoms with Crippen LogP contribution in [0.25, 0.3) is 0 Å². The average Bonchev–Trinajstić information content (AvgIpc) is 2.39. The number of carbonyl (C=O) groups excluding carboxylic acids is 1. The number of pyridine rings is 1. The minimum absolute atomic E-state index is 0.0642. The molecule has 0 radical (unpaired) electrons. The highest BCUT2D eigenvalue weighted by molar-refractivity contribution is 7.99. The van der Waals surface area contributed by atoms with E-state index in [0.29, 0.717) is 17.1 Å². The Hall–Kier alpha value is -1.32. The van der Waals surface area contributed by atoms with Crippen LogP contribution in [-0.2, 0) is 0 Å². The minimum atomic E-state index is 0.0642. The predicted octanol–water partition coefficient (Wildman–Crippen LogP) is 4.48. The summed E-state index contributed by atoms with van der Waals surface area (Å²) in [6.07, 6.45) is 2.20. The first-order valence-electron chi connectivity index (χ1n) is 5.61. The van der Waals surface area contributed by atoms with Crippen molar-refractivity contribution in [2.24, 2.45) is 0 Å². The highest BCUT2D eigenvalue weighted by Crippen LogP contribution is 2.28. The maximum absolute atomic E-state index is 11.4. The number of benzene rings is 1. The quantitative estimate of drug-likeness (QED) is 0.772. The minimum Gasteiger partial charge on any atom is -0.292 e. The lowest BCUT2D eigenvalue weighted by molar-refractivity contribution is 0.0983. The number of rotatable bonds is 4. The molecule has 2 rings (SSSR count). The van der Waals surface area contributed by atoms with Crippen LogP contribution in [-0.4, -0.2) is 10.8 Å². The summed E-state index contributed by atoms with van der Waals surface area (Å²) in [6.45, 7) is 1.83. The van der Waals surface area contributed by atoms with Crippen molar-refractivity contribution >= 4 is 29.1 Å². The van der Waals surface area contributed by atoms with E-state index in [4.69, 9.17) is 11.6 Å². The molecular formula is C14H12ClNOS. The topological polar surface area (TPSA) is 30.0 Å². The summed E-state index contributed by atoms with van der Waals surface area (Å²) in [4.78, 5) is 17.7. The van der Waals surface area contributed by atoms with Gasteiger partial charge in [-0.1, -0.05) is 36.4 Å². The van der Waals surface area contributed by atoms with E-state index < -0.39 is 0 Å². The van der Waals surface area contributed by atoms with Crippen LogP contribution in [0.3, 0.4) is 0 Å². The SMILES string of the molecule is CCC(=O)c1ccc(Sc2cccc(Cl)c2)cn1. The van der Waals surface area contributed by atoms with E-state index in [1.807, 2.05) is 37.3 Å². The molecule has 92 valence electrons. The van der Waals surface area contributed by atoms with Gasteiger partial charge in [-0.2, -0.15) is 0 Å². The van der Waals surface area contributed by atoms with Crippen LogP contribution in [0.2, 0.25) is 5.02 Å². The number of hydrogen-bond donors (Lipinski definition) is 0. The fourth-order valence-electron chi connectivity index (χ4n) is 1.45. The van der Waals surface area contributed by atoms with Crippen LogP contribution >= 0.6 is 23.4 Å². The lowest BCUT2D eigenvalue weighted by Gasteiger charge is -2.02. The van der Waals surface area contributed by atoms with Crippen molar-refractivity contribution in [2.45, 2.75) is 23.1 Å². The third-order valence-corrected chi connectivity index (χ3v) is 3.58. The molecule has 4 heteroatoms. The van der Waals surface area contributed by atoms with E-state index in [2.05, 4.69) is 4.98 Å². The van der Waals surface area contributed by atoms with E-state index in [-0.39, 0.29) is 5.78 Å². The summed E-state index contributed by atoms with van der Waals surface area (Å²) in [5, 5.41) is 0.714. The van der Waals surface area contributed by atoms with Gasteiger partial charge in [0.25, 0.3) is 0 Å². The molecule has 0 spiro atoms. The molecule has 0 amide bonds. The second-order valence-corrected chi connectivity index (χ2v) is 5.30. The number of ketones is 1. The zero-order valence-electron chi connectivity index (χ0n) is 9.89. The molecule has 0 aliphatic heterocycles. The first kappa shape index (κ1) is 13.1. The zero-order chi connectivity index (χ0) is 13.0. The fraction of sp³-hybridized carbons (Fsp3) is 0.143. The van der Waals surface area contributed by atoms with Crippen LogP contribution in [0.15, 0.2) is 52.4 Å². The summed E-state index contributed by atoms with van der Waals surface area (Å²) in [5.41, 5.74) is 0.521. The first-order valence-corrected chi connectivity index (χ1v) is 6.81. The van der Waals surface area contributed by atoms with Gasteiger partial charge in [0.1, 0.15) is 5.69 Å². The summed E-state index contributed by atoms with van der Waals surface area (Å²) < 4.78 is 0. The maximum Gasteiger partial charge on any atom is 0.180 e. The molecule has 0 unspecified atom stereocenters. The summed E-state index contributed by atoms with van der Waals surface area (Å²) in [5.74, 6) is 0.0642. The maximum atomic E-state index is 11.4. The molecule has 0 bridgehead atoms. The molecule has 0 aliphatic carbocycles. The molecule has 2 nitrogen and oxygen atoms in total. The molecule has 2 aromatic rings. The molecule has 0 saturated carbocycles. The van der Waals surface area contributed by atoms with Crippen LogP contribution in [0.1, 0.15) is 23.8 Å². The second kappa shape index (κ2) is 6.03. The molecule has 1 aromatic carbocycles. The van der Waals surface area contributed by atoms with Crippen LogP contribution < -0.4 is 0 Å². The number of halogens is 1. The molecule has 18 heavy (non-hydrogen) atoms. The van der Waals surface area contributed by atoms with E-state index in [1.54, 1.807) is 24.0 Å². The van der Waals surface area contributed by atoms with Gasteiger partial charge in [-0.3, -0.25) is 9.78 Å². The lowest BCUT2D eigenvalue weighted by Crippen LogP contribution is -1.99. The standard InChI is InChI=1S/C14H12ClNOS/c1-2-14(17)13-7-6-12(9-16-13)18-11-5-3-4-10(15)8-11/h3-9H,2H2,1H3. The molecule has 0 saturated heterocycles. The van der Waals surface area contributed by atoms with E-state index >= 15 is 0 Å². The third-order valence-electron chi connectivity index (χ3n) is 2.37. The number of nitrogens with zero attached hydrogens (tertiary/aromatic N) is 1. The van der Waals surface area contributed by atoms with Crippen LogP contribution in [0, 0.1) is 0 Å². The molecule has 0 N–H and O–H groups in total. The number of hydrogen-bond acceptors (Lipinski definition) is 3. The van der Waals surface area contributed by atoms with Gasteiger partial charge in [0.15, 0.2) is 5.78 Å². The summed E-state index contributed by atoms with van der Waals surface area (Å²) >= 11 is 7.49. The fourth-order valence-corrected chi connectivity index (χ4v) is 2.55. The Labute approximate surface area is 115 Å². The Balaban J connectivity index is 2.13. The third kappa shape index (κ3) is 3.34. The van der Waals surface area contributed by atoms with E-state index in [1.165, 1.54) is 0 Å². The molecular weight excluding hydrogens is 266 g/mol. The molecule has 0 fully saturated rings.